The summed E-state index contributed by atoms with van der Waals surface area (Å²) in [5, 5.41) is 0. The van der Waals surface area contributed by atoms with Gasteiger partial charge in [-0.25, -0.2) is 4.98 Å². The van der Waals surface area contributed by atoms with Crippen molar-refractivity contribution in [2.45, 2.75) is 18.0 Å². The van der Waals surface area contributed by atoms with E-state index < -0.39 is 0 Å². The van der Waals surface area contributed by atoms with Gasteiger partial charge in [0, 0.05) is 37.8 Å². The van der Waals surface area contributed by atoms with E-state index >= 15 is 0 Å². The maximum absolute atomic E-state index is 12.3. The minimum Gasteiger partial charge on any atom is -0.336 e. The highest BCUT2D eigenvalue weighted by Crippen LogP contribution is 2.16. The van der Waals surface area contributed by atoms with Crippen molar-refractivity contribution in [1.29, 1.82) is 0 Å². The van der Waals surface area contributed by atoms with E-state index in [1.807, 2.05) is 23.0 Å². The number of hydrogen-bond donors (Lipinski definition) is 1. The summed E-state index contributed by atoms with van der Waals surface area (Å²) in [6.07, 6.45) is 5.42. The van der Waals surface area contributed by atoms with Crippen molar-refractivity contribution in [1.82, 2.24) is 14.5 Å². The van der Waals surface area contributed by atoms with Crippen molar-refractivity contribution in [3.05, 3.63) is 48.0 Å². The molecule has 1 aromatic carbocycles. The zero-order valence-electron chi connectivity index (χ0n) is 12.3. The molecule has 0 bridgehead atoms. The number of nitrogens with two attached hydrogens (primary N) is 1. The molecule has 1 amide bonds. The van der Waals surface area contributed by atoms with E-state index in [2.05, 4.69) is 17.1 Å². The fourth-order valence-electron chi connectivity index (χ4n) is 2.01. The molecule has 2 aromatic rings. The normalized spacial score (nSPS) is 10.6. The van der Waals surface area contributed by atoms with Crippen molar-refractivity contribution >= 4 is 17.7 Å². The molecule has 0 fully saturated rings. The van der Waals surface area contributed by atoms with E-state index in [1.54, 1.807) is 36.2 Å². The zero-order valence-corrected chi connectivity index (χ0v) is 13.1. The molecular weight excluding hydrogens is 284 g/mol. The third-order valence-electron chi connectivity index (χ3n) is 3.17. The number of thioether (sulfide) groups is 1. The first-order valence-corrected chi connectivity index (χ1v) is 7.96. The average molecular weight is 304 g/mol. The van der Waals surface area contributed by atoms with E-state index in [1.165, 1.54) is 4.90 Å². The summed E-state index contributed by atoms with van der Waals surface area (Å²) in [4.78, 5) is 19.3. The Bertz CT molecular complexity index is 594. The Balaban J connectivity index is 2.00. The van der Waals surface area contributed by atoms with Gasteiger partial charge in [0.25, 0.3) is 5.91 Å². The smallest absolute Gasteiger partial charge is 0.274 e. The van der Waals surface area contributed by atoms with E-state index in [-0.39, 0.29) is 5.91 Å². The van der Waals surface area contributed by atoms with Crippen LogP contribution in [0.1, 0.15) is 16.1 Å². The minimum absolute atomic E-state index is 0.0836. The van der Waals surface area contributed by atoms with Crippen LogP contribution in [0.5, 0.6) is 0 Å². The standard InChI is InChI=1S/C15H20N4OS/c1-18(9-12-3-5-13(21-2)6-4-12)15(20)14-10-19(8-7-16)11-17-14/h3-6,10-11H,7-9,16H2,1-2H3. The predicted molar refractivity (Wildman–Crippen MR) is 85.3 cm³/mol. The summed E-state index contributed by atoms with van der Waals surface area (Å²) in [6, 6.07) is 8.22. The molecule has 0 atom stereocenters. The number of carbonyl (C=O) groups excluding carboxylic acids is 1. The monoisotopic (exact) mass is 304 g/mol. The maximum Gasteiger partial charge on any atom is 0.274 e. The van der Waals surface area contributed by atoms with Crippen LogP contribution in [-0.4, -0.2) is 40.2 Å². The van der Waals surface area contributed by atoms with Crippen LogP contribution in [0, 0.1) is 0 Å². The van der Waals surface area contributed by atoms with Crippen molar-refractivity contribution in [3.63, 3.8) is 0 Å². The number of benzene rings is 1. The second-order valence-electron chi connectivity index (χ2n) is 4.79. The highest BCUT2D eigenvalue weighted by Gasteiger charge is 2.14. The lowest BCUT2D eigenvalue weighted by molar-refractivity contribution is 0.0779. The Hall–Kier alpha value is -1.79. The van der Waals surface area contributed by atoms with Gasteiger partial charge in [0.2, 0.25) is 0 Å². The van der Waals surface area contributed by atoms with Gasteiger partial charge in [0.05, 0.1) is 6.33 Å². The Morgan fingerprint density at radius 1 is 1.38 bits per heavy atom. The number of hydrogen-bond acceptors (Lipinski definition) is 4. The fraction of sp³-hybridized carbons (Fsp3) is 0.333. The van der Waals surface area contributed by atoms with Gasteiger partial charge < -0.3 is 15.2 Å². The summed E-state index contributed by atoms with van der Waals surface area (Å²) < 4.78 is 1.83. The Morgan fingerprint density at radius 3 is 2.71 bits per heavy atom. The summed E-state index contributed by atoms with van der Waals surface area (Å²) in [6.45, 7) is 1.76. The molecule has 1 aromatic heterocycles. The number of carbonyl (C=O) groups is 1. The molecule has 0 aliphatic heterocycles. The molecule has 0 aliphatic rings. The SMILES string of the molecule is CSc1ccc(CN(C)C(=O)c2cn(CCN)cn2)cc1. The molecule has 0 radical (unpaired) electrons. The van der Waals surface area contributed by atoms with E-state index in [0.29, 0.717) is 25.3 Å². The molecule has 0 aliphatic carbocycles. The summed E-state index contributed by atoms with van der Waals surface area (Å²) in [5.74, 6) is -0.0836. The van der Waals surface area contributed by atoms with E-state index in [9.17, 15) is 4.79 Å². The molecule has 6 heteroatoms. The van der Waals surface area contributed by atoms with Gasteiger partial charge in [-0.15, -0.1) is 11.8 Å². The number of aromatic nitrogens is 2. The van der Waals surface area contributed by atoms with Crippen molar-refractivity contribution in [3.8, 4) is 0 Å². The van der Waals surface area contributed by atoms with E-state index in [4.69, 9.17) is 5.73 Å². The number of imidazole rings is 1. The molecule has 2 N–H and O–H groups in total. The molecule has 112 valence electrons. The van der Waals surface area contributed by atoms with Gasteiger partial charge >= 0.3 is 0 Å². The van der Waals surface area contributed by atoms with Gasteiger partial charge in [-0.3, -0.25) is 4.79 Å². The third-order valence-corrected chi connectivity index (χ3v) is 3.91. The van der Waals surface area contributed by atoms with Crippen molar-refractivity contribution in [2.24, 2.45) is 5.73 Å². The average Bonchev–Trinajstić information content (AvgIpc) is 2.96. The number of amides is 1. The van der Waals surface area contributed by atoms with Gasteiger partial charge in [-0.05, 0) is 24.0 Å². The maximum atomic E-state index is 12.3. The molecule has 0 spiro atoms. The first-order chi connectivity index (χ1) is 10.1. The van der Waals surface area contributed by atoms with E-state index in [0.717, 1.165) is 5.56 Å². The molecule has 21 heavy (non-hydrogen) atoms. The van der Waals surface area contributed by atoms with Crippen LogP contribution < -0.4 is 5.73 Å². The molecule has 5 nitrogen and oxygen atoms in total. The van der Waals surface area contributed by atoms with Crippen LogP contribution in [0.2, 0.25) is 0 Å². The number of nitrogens with zero attached hydrogens (tertiary/aromatic N) is 3. The van der Waals surface area contributed by atoms with Crippen LogP contribution in [-0.2, 0) is 13.1 Å². The lowest BCUT2D eigenvalue weighted by Gasteiger charge is -2.16. The summed E-state index contributed by atoms with van der Waals surface area (Å²) in [7, 11) is 1.78. The quantitative estimate of drug-likeness (QED) is 0.827. The molecule has 0 saturated heterocycles. The summed E-state index contributed by atoms with van der Waals surface area (Å²) >= 11 is 1.70. The molecule has 0 unspecified atom stereocenters. The fourth-order valence-corrected chi connectivity index (χ4v) is 2.42. The third kappa shape index (κ3) is 4.09. The summed E-state index contributed by atoms with van der Waals surface area (Å²) in [5.41, 5.74) is 7.04. The van der Waals surface area contributed by atoms with Crippen LogP contribution in [0.3, 0.4) is 0 Å². The highest BCUT2D eigenvalue weighted by atomic mass is 32.2. The Labute approximate surface area is 129 Å². The largest absolute Gasteiger partial charge is 0.336 e. The predicted octanol–water partition coefficient (Wildman–Crippen LogP) is 1.84. The lowest BCUT2D eigenvalue weighted by Crippen LogP contribution is -2.26. The van der Waals surface area contributed by atoms with Crippen LogP contribution in [0.15, 0.2) is 41.7 Å². The van der Waals surface area contributed by atoms with Crippen molar-refractivity contribution < 1.29 is 4.79 Å². The molecular formula is C15H20N4OS. The van der Waals surface area contributed by atoms with Gasteiger partial charge in [-0.1, -0.05) is 12.1 Å². The Kier molecular flexibility index (Phi) is 5.41. The molecule has 2 rings (SSSR count). The first-order valence-electron chi connectivity index (χ1n) is 6.74. The second kappa shape index (κ2) is 7.28. The van der Waals surface area contributed by atoms with Crippen LogP contribution in [0.25, 0.3) is 0 Å². The lowest BCUT2D eigenvalue weighted by atomic mass is 10.2. The first kappa shape index (κ1) is 15.6. The number of rotatable bonds is 6. The molecule has 1 heterocycles. The van der Waals surface area contributed by atoms with Gasteiger partial charge in [0.15, 0.2) is 0 Å². The van der Waals surface area contributed by atoms with Gasteiger partial charge in [-0.2, -0.15) is 0 Å². The van der Waals surface area contributed by atoms with Crippen LogP contribution >= 0.6 is 11.8 Å². The van der Waals surface area contributed by atoms with Crippen molar-refractivity contribution in [2.75, 3.05) is 19.8 Å². The Morgan fingerprint density at radius 2 is 2.10 bits per heavy atom. The van der Waals surface area contributed by atoms with Crippen LogP contribution in [0.4, 0.5) is 0 Å². The second-order valence-corrected chi connectivity index (χ2v) is 5.67. The highest BCUT2D eigenvalue weighted by molar-refractivity contribution is 7.98. The van der Waals surface area contributed by atoms with Gasteiger partial charge in [0.1, 0.15) is 5.69 Å². The topological polar surface area (TPSA) is 64.2 Å². The zero-order chi connectivity index (χ0) is 15.2. The molecule has 0 saturated carbocycles. The minimum atomic E-state index is -0.0836.